The van der Waals surface area contributed by atoms with Gasteiger partial charge in [0.2, 0.25) is 0 Å². The van der Waals surface area contributed by atoms with Gasteiger partial charge in [0.1, 0.15) is 6.61 Å². The number of aryl methyl sites for hydroxylation is 1. The normalized spacial score (nSPS) is 12.0. The number of benzene rings is 2. The second-order valence-electron chi connectivity index (χ2n) is 6.16. The molecule has 2 rings (SSSR count). The van der Waals surface area contributed by atoms with Crippen LogP contribution in [0.5, 0.6) is 11.5 Å². The van der Waals surface area contributed by atoms with Gasteiger partial charge in [-0.1, -0.05) is 42.8 Å². The molecular weight excluding hydrogens is 314 g/mol. The van der Waals surface area contributed by atoms with E-state index in [1.54, 1.807) is 0 Å². The summed E-state index contributed by atoms with van der Waals surface area (Å²) in [6.07, 6.45) is 0.895. The van der Waals surface area contributed by atoms with Gasteiger partial charge in [-0.05, 0) is 43.5 Å². The zero-order chi connectivity index (χ0) is 18.1. The summed E-state index contributed by atoms with van der Waals surface area (Å²) in [4.78, 5) is 0. The second-order valence-corrected chi connectivity index (χ2v) is 6.16. The maximum absolute atomic E-state index is 9.28. The highest BCUT2D eigenvalue weighted by atomic mass is 16.5. The molecule has 4 nitrogen and oxygen atoms in total. The van der Waals surface area contributed by atoms with Crippen LogP contribution in [0.4, 0.5) is 0 Å². The number of aliphatic hydroxyl groups is 1. The molecule has 0 saturated carbocycles. The summed E-state index contributed by atoms with van der Waals surface area (Å²) >= 11 is 0. The molecule has 1 atom stereocenters. The average molecular weight is 343 g/mol. The van der Waals surface area contributed by atoms with Crippen LogP contribution in [-0.2, 0) is 13.2 Å². The van der Waals surface area contributed by atoms with Crippen molar-refractivity contribution in [2.45, 2.75) is 46.4 Å². The molecule has 0 amide bonds. The molecule has 0 fully saturated rings. The zero-order valence-electron chi connectivity index (χ0n) is 15.4. The average Bonchev–Trinajstić information content (AvgIpc) is 2.62. The van der Waals surface area contributed by atoms with Crippen LogP contribution >= 0.6 is 0 Å². The quantitative estimate of drug-likeness (QED) is 0.688. The van der Waals surface area contributed by atoms with E-state index >= 15 is 0 Å². The smallest absolute Gasteiger partial charge is 0.161 e. The van der Waals surface area contributed by atoms with E-state index in [1.165, 1.54) is 5.56 Å². The second kappa shape index (κ2) is 10.1. The third-order valence-corrected chi connectivity index (χ3v) is 4.09. The highest BCUT2D eigenvalue weighted by Gasteiger charge is 2.09. The van der Waals surface area contributed by atoms with Crippen molar-refractivity contribution < 1.29 is 14.6 Å². The van der Waals surface area contributed by atoms with Gasteiger partial charge in [-0.2, -0.15) is 0 Å². The van der Waals surface area contributed by atoms with Gasteiger partial charge in [0.15, 0.2) is 11.5 Å². The minimum absolute atomic E-state index is 0.118. The van der Waals surface area contributed by atoms with E-state index in [4.69, 9.17) is 9.47 Å². The fourth-order valence-corrected chi connectivity index (χ4v) is 2.61. The Morgan fingerprint density at radius 3 is 2.52 bits per heavy atom. The van der Waals surface area contributed by atoms with E-state index in [9.17, 15) is 5.11 Å². The van der Waals surface area contributed by atoms with Crippen LogP contribution in [0.15, 0.2) is 42.5 Å². The lowest BCUT2D eigenvalue weighted by Crippen LogP contribution is -2.31. The van der Waals surface area contributed by atoms with Gasteiger partial charge in [-0.25, -0.2) is 0 Å². The van der Waals surface area contributed by atoms with E-state index in [-0.39, 0.29) is 12.6 Å². The third kappa shape index (κ3) is 6.07. The van der Waals surface area contributed by atoms with Crippen molar-refractivity contribution in [3.05, 3.63) is 59.2 Å². The van der Waals surface area contributed by atoms with Crippen LogP contribution in [0.25, 0.3) is 0 Å². The molecule has 2 aromatic rings. The molecule has 2 N–H and O–H groups in total. The molecular formula is C21H29NO3. The maximum Gasteiger partial charge on any atom is 0.161 e. The van der Waals surface area contributed by atoms with Crippen LogP contribution in [-0.4, -0.2) is 24.4 Å². The minimum Gasteiger partial charge on any atom is -0.490 e. The Labute approximate surface area is 150 Å². The number of nitrogens with one attached hydrogen (secondary N) is 1. The summed E-state index contributed by atoms with van der Waals surface area (Å²) in [7, 11) is 0. The number of hydrogen-bond donors (Lipinski definition) is 2. The van der Waals surface area contributed by atoms with Crippen molar-refractivity contribution in [1.29, 1.82) is 0 Å². The highest BCUT2D eigenvalue weighted by Crippen LogP contribution is 2.29. The summed E-state index contributed by atoms with van der Waals surface area (Å²) in [5, 5.41) is 12.6. The van der Waals surface area contributed by atoms with E-state index in [1.807, 2.05) is 31.2 Å². The Bertz CT molecular complexity index is 653. The summed E-state index contributed by atoms with van der Waals surface area (Å²) < 4.78 is 11.7. The molecule has 2 aromatic carbocycles. The van der Waals surface area contributed by atoms with E-state index in [2.05, 4.69) is 37.4 Å². The van der Waals surface area contributed by atoms with Crippen molar-refractivity contribution in [1.82, 2.24) is 5.32 Å². The number of ether oxygens (including phenoxy) is 2. The molecule has 0 aliphatic rings. The summed E-state index contributed by atoms with van der Waals surface area (Å²) in [6.45, 7) is 8.04. The fourth-order valence-electron chi connectivity index (χ4n) is 2.61. The van der Waals surface area contributed by atoms with Gasteiger partial charge in [0.25, 0.3) is 0 Å². The molecule has 0 aliphatic heterocycles. The van der Waals surface area contributed by atoms with Crippen LogP contribution in [0, 0.1) is 6.92 Å². The molecule has 25 heavy (non-hydrogen) atoms. The third-order valence-electron chi connectivity index (χ3n) is 4.09. The van der Waals surface area contributed by atoms with Crippen LogP contribution < -0.4 is 14.8 Å². The van der Waals surface area contributed by atoms with Crippen LogP contribution in [0.1, 0.15) is 37.0 Å². The molecule has 4 heteroatoms. The zero-order valence-corrected chi connectivity index (χ0v) is 15.4. The molecule has 0 saturated heterocycles. The van der Waals surface area contributed by atoms with Gasteiger partial charge in [0, 0.05) is 12.6 Å². The molecule has 0 radical (unpaired) electrons. The standard InChI is InChI=1S/C21H29NO3/c1-4-19(14-23)22-13-17-9-10-20(21(12-17)24-5-2)25-15-18-8-6-7-16(3)11-18/h6-12,19,22-23H,4-5,13-15H2,1-3H3. The van der Waals surface area contributed by atoms with Crippen LogP contribution in [0.3, 0.4) is 0 Å². The fraction of sp³-hybridized carbons (Fsp3) is 0.429. The first-order chi connectivity index (χ1) is 12.2. The van der Waals surface area contributed by atoms with Crippen molar-refractivity contribution in [2.24, 2.45) is 0 Å². The molecule has 0 aliphatic carbocycles. The Balaban J connectivity index is 2.04. The predicted octanol–water partition coefficient (Wildman–Crippen LogP) is 3.83. The summed E-state index contributed by atoms with van der Waals surface area (Å²) in [6, 6.07) is 14.4. The topological polar surface area (TPSA) is 50.7 Å². The molecule has 0 aromatic heterocycles. The first-order valence-electron chi connectivity index (χ1n) is 8.94. The number of aliphatic hydroxyl groups excluding tert-OH is 1. The van der Waals surface area contributed by atoms with Gasteiger partial charge < -0.3 is 19.9 Å². The molecule has 0 bridgehead atoms. The maximum atomic E-state index is 9.28. The largest absolute Gasteiger partial charge is 0.490 e. The monoisotopic (exact) mass is 343 g/mol. The van der Waals surface area contributed by atoms with Crippen molar-refractivity contribution in [3.8, 4) is 11.5 Å². The first kappa shape index (κ1) is 19.3. The van der Waals surface area contributed by atoms with Crippen molar-refractivity contribution in [2.75, 3.05) is 13.2 Å². The Hall–Kier alpha value is -2.04. The van der Waals surface area contributed by atoms with E-state index in [0.717, 1.165) is 29.0 Å². The van der Waals surface area contributed by atoms with Gasteiger partial charge >= 0.3 is 0 Å². The van der Waals surface area contributed by atoms with E-state index < -0.39 is 0 Å². The number of rotatable bonds is 10. The number of hydrogen-bond acceptors (Lipinski definition) is 4. The SMILES string of the molecule is CCOc1cc(CNC(CC)CO)ccc1OCc1cccc(C)c1. The van der Waals surface area contributed by atoms with Crippen molar-refractivity contribution in [3.63, 3.8) is 0 Å². The van der Waals surface area contributed by atoms with Crippen LogP contribution in [0.2, 0.25) is 0 Å². The Kier molecular flexibility index (Phi) is 7.76. The van der Waals surface area contributed by atoms with Crippen molar-refractivity contribution >= 4 is 0 Å². The first-order valence-corrected chi connectivity index (χ1v) is 8.94. The lowest BCUT2D eigenvalue weighted by atomic mass is 10.1. The molecule has 136 valence electrons. The summed E-state index contributed by atoms with van der Waals surface area (Å²) in [5.41, 5.74) is 3.47. The Morgan fingerprint density at radius 2 is 1.84 bits per heavy atom. The molecule has 0 spiro atoms. The predicted molar refractivity (Wildman–Crippen MR) is 101 cm³/mol. The minimum atomic E-state index is 0.118. The highest BCUT2D eigenvalue weighted by molar-refractivity contribution is 5.43. The lowest BCUT2D eigenvalue weighted by Gasteiger charge is -2.16. The molecule has 0 heterocycles. The lowest BCUT2D eigenvalue weighted by molar-refractivity contribution is 0.238. The van der Waals surface area contributed by atoms with Gasteiger partial charge in [-0.15, -0.1) is 0 Å². The van der Waals surface area contributed by atoms with E-state index in [0.29, 0.717) is 19.8 Å². The Morgan fingerprint density at radius 1 is 1.00 bits per heavy atom. The van der Waals surface area contributed by atoms with Gasteiger partial charge in [0.05, 0.1) is 13.2 Å². The van der Waals surface area contributed by atoms with Gasteiger partial charge in [-0.3, -0.25) is 0 Å². The molecule has 1 unspecified atom stereocenters. The summed E-state index contributed by atoms with van der Waals surface area (Å²) in [5.74, 6) is 1.51.